The van der Waals surface area contributed by atoms with Gasteiger partial charge in [-0.3, -0.25) is 4.79 Å². The molecule has 0 aromatic rings. The third-order valence-corrected chi connectivity index (χ3v) is 3.99. The van der Waals surface area contributed by atoms with Crippen molar-refractivity contribution < 1.29 is 19.4 Å². The van der Waals surface area contributed by atoms with Crippen molar-refractivity contribution in [2.45, 2.75) is 71.6 Å². The maximum Gasteiger partial charge on any atom is 0.410 e. The van der Waals surface area contributed by atoms with Crippen molar-refractivity contribution in [1.29, 1.82) is 0 Å². The molecule has 1 amide bonds. The summed E-state index contributed by atoms with van der Waals surface area (Å²) in [4.78, 5) is 25.0. The molecule has 1 aliphatic heterocycles. The number of rotatable bonds is 5. The van der Waals surface area contributed by atoms with Gasteiger partial charge >= 0.3 is 12.1 Å². The van der Waals surface area contributed by atoms with Crippen molar-refractivity contribution in [2.24, 2.45) is 5.92 Å². The highest BCUT2D eigenvalue weighted by atomic mass is 16.6. The lowest BCUT2D eigenvalue weighted by Crippen LogP contribution is -2.51. The Balaban J connectivity index is 2.58. The Hall–Kier alpha value is -1.30. The number of hydrogen-bond acceptors (Lipinski definition) is 4. The summed E-state index contributed by atoms with van der Waals surface area (Å²) in [5.74, 6) is -0.580. The van der Waals surface area contributed by atoms with Crippen LogP contribution in [0.15, 0.2) is 0 Å². The van der Waals surface area contributed by atoms with Gasteiger partial charge in [-0.25, -0.2) is 4.79 Å². The molecule has 22 heavy (non-hydrogen) atoms. The van der Waals surface area contributed by atoms with Gasteiger partial charge in [-0.05, 0) is 52.9 Å². The standard InChI is InChI=1S/C16H30N2O4/c1-6-13(14(19)20)17-11(2)12-8-7-9-18(10-12)15(21)22-16(3,4)5/h11-13,17H,6-10H2,1-5H3,(H,19,20). The van der Waals surface area contributed by atoms with E-state index in [1.165, 1.54) is 0 Å². The lowest BCUT2D eigenvalue weighted by molar-refractivity contribution is -0.139. The van der Waals surface area contributed by atoms with Crippen LogP contribution < -0.4 is 5.32 Å². The maximum atomic E-state index is 12.2. The number of amides is 1. The van der Waals surface area contributed by atoms with Crippen LogP contribution in [-0.4, -0.2) is 52.8 Å². The van der Waals surface area contributed by atoms with Gasteiger partial charge in [0.1, 0.15) is 11.6 Å². The number of aliphatic carboxylic acids is 1. The quantitative estimate of drug-likeness (QED) is 0.815. The second-order valence-electron chi connectivity index (χ2n) is 7.08. The molecular formula is C16H30N2O4. The highest BCUT2D eigenvalue weighted by Gasteiger charge is 2.31. The number of piperidine rings is 1. The molecule has 128 valence electrons. The van der Waals surface area contributed by atoms with Crippen LogP contribution in [0.4, 0.5) is 4.79 Å². The van der Waals surface area contributed by atoms with Crippen LogP contribution in [0.2, 0.25) is 0 Å². The van der Waals surface area contributed by atoms with Crippen molar-refractivity contribution >= 4 is 12.1 Å². The molecule has 0 aromatic carbocycles. The van der Waals surface area contributed by atoms with Gasteiger partial charge in [-0.2, -0.15) is 0 Å². The Morgan fingerprint density at radius 3 is 2.55 bits per heavy atom. The zero-order valence-electron chi connectivity index (χ0n) is 14.4. The third kappa shape index (κ3) is 5.83. The summed E-state index contributed by atoms with van der Waals surface area (Å²) in [7, 11) is 0. The topological polar surface area (TPSA) is 78.9 Å². The summed E-state index contributed by atoms with van der Waals surface area (Å²) in [6, 6.07) is -0.488. The minimum atomic E-state index is -0.825. The number of likely N-dealkylation sites (tertiary alicyclic amines) is 1. The Kier molecular flexibility index (Phi) is 6.66. The van der Waals surface area contributed by atoms with Crippen LogP contribution in [0.1, 0.15) is 53.9 Å². The normalized spacial score (nSPS) is 22.0. The monoisotopic (exact) mass is 314 g/mol. The van der Waals surface area contributed by atoms with Crippen molar-refractivity contribution in [1.82, 2.24) is 10.2 Å². The zero-order valence-corrected chi connectivity index (χ0v) is 14.4. The van der Waals surface area contributed by atoms with Gasteiger partial charge in [0.15, 0.2) is 0 Å². The average molecular weight is 314 g/mol. The fourth-order valence-corrected chi connectivity index (χ4v) is 2.73. The van der Waals surface area contributed by atoms with Crippen molar-refractivity contribution in [3.8, 4) is 0 Å². The smallest absolute Gasteiger partial charge is 0.410 e. The molecule has 1 aliphatic rings. The molecule has 0 bridgehead atoms. The zero-order chi connectivity index (χ0) is 16.9. The van der Waals surface area contributed by atoms with E-state index in [0.717, 1.165) is 12.8 Å². The van der Waals surface area contributed by atoms with E-state index >= 15 is 0 Å². The number of carboxylic acid groups (broad SMARTS) is 1. The molecule has 6 heteroatoms. The first-order valence-electron chi connectivity index (χ1n) is 8.10. The van der Waals surface area contributed by atoms with Gasteiger partial charge in [0, 0.05) is 19.1 Å². The first-order chi connectivity index (χ1) is 10.1. The highest BCUT2D eigenvalue weighted by Crippen LogP contribution is 2.22. The molecule has 3 atom stereocenters. The number of carbonyl (C=O) groups excluding carboxylic acids is 1. The van der Waals surface area contributed by atoms with E-state index in [0.29, 0.717) is 19.5 Å². The second kappa shape index (κ2) is 7.81. The molecule has 2 N–H and O–H groups in total. The molecule has 1 heterocycles. The number of carboxylic acids is 1. The van der Waals surface area contributed by atoms with Crippen molar-refractivity contribution in [3.63, 3.8) is 0 Å². The highest BCUT2D eigenvalue weighted by molar-refractivity contribution is 5.73. The Morgan fingerprint density at radius 1 is 1.41 bits per heavy atom. The molecule has 1 saturated heterocycles. The minimum Gasteiger partial charge on any atom is -0.480 e. The molecule has 6 nitrogen and oxygen atoms in total. The minimum absolute atomic E-state index is 0.0475. The summed E-state index contributed by atoms with van der Waals surface area (Å²) in [5.41, 5.74) is -0.496. The van der Waals surface area contributed by atoms with Crippen LogP contribution in [0.25, 0.3) is 0 Å². The van der Waals surface area contributed by atoms with Crippen LogP contribution in [0.5, 0.6) is 0 Å². The molecule has 0 spiro atoms. The van der Waals surface area contributed by atoms with Gasteiger partial charge in [0.05, 0.1) is 0 Å². The van der Waals surface area contributed by atoms with Gasteiger partial charge in [0.2, 0.25) is 0 Å². The molecule has 0 aromatic heterocycles. The molecule has 0 saturated carbocycles. The molecular weight excluding hydrogens is 284 g/mol. The molecule has 1 fully saturated rings. The first-order valence-corrected chi connectivity index (χ1v) is 8.10. The molecule has 1 rings (SSSR count). The predicted molar refractivity (Wildman–Crippen MR) is 84.8 cm³/mol. The molecule has 3 unspecified atom stereocenters. The van der Waals surface area contributed by atoms with E-state index in [9.17, 15) is 9.59 Å². The second-order valence-corrected chi connectivity index (χ2v) is 7.08. The SMILES string of the molecule is CCC(NC(C)C1CCCN(C(=O)OC(C)(C)C)C1)C(=O)O. The fourth-order valence-electron chi connectivity index (χ4n) is 2.73. The summed E-state index contributed by atoms with van der Waals surface area (Å²) < 4.78 is 5.42. The van der Waals surface area contributed by atoms with E-state index < -0.39 is 17.6 Å². The Morgan fingerprint density at radius 2 is 2.05 bits per heavy atom. The lowest BCUT2D eigenvalue weighted by atomic mass is 9.91. The predicted octanol–water partition coefficient (Wildman–Crippen LogP) is 2.47. The number of hydrogen-bond donors (Lipinski definition) is 2. The van der Waals surface area contributed by atoms with Crippen molar-refractivity contribution in [2.75, 3.05) is 13.1 Å². The first kappa shape index (κ1) is 18.7. The van der Waals surface area contributed by atoms with Crippen LogP contribution in [0, 0.1) is 5.92 Å². The number of carbonyl (C=O) groups is 2. The van der Waals surface area contributed by atoms with E-state index in [1.807, 2.05) is 34.6 Å². The van der Waals surface area contributed by atoms with Gasteiger partial charge in [-0.15, -0.1) is 0 Å². The largest absolute Gasteiger partial charge is 0.480 e. The summed E-state index contributed by atoms with van der Waals surface area (Å²) >= 11 is 0. The third-order valence-electron chi connectivity index (χ3n) is 3.99. The van der Waals surface area contributed by atoms with Crippen LogP contribution in [0.3, 0.4) is 0 Å². The number of nitrogens with one attached hydrogen (secondary N) is 1. The molecule has 0 aliphatic carbocycles. The van der Waals surface area contributed by atoms with E-state index in [2.05, 4.69) is 5.32 Å². The van der Waals surface area contributed by atoms with Crippen molar-refractivity contribution in [3.05, 3.63) is 0 Å². The summed E-state index contributed by atoms with van der Waals surface area (Å²) in [6.45, 7) is 10.7. The summed E-state index contributed by atoms with van der Waals surface area (Å²) in [5, 5.41) is 12.3. The van der Waals surface area contributed by atoms with E-state index in [1.54, 1.807) is 4.90 Å². The van der Waals surface area contributed by atoms with E-state index in [-0.39, 0.29) is 18.1 Å². The Labute approximate surface area is 133 Å². The molecule has 0 radical (unpaired) electrons. The summed E-state index contributed by atoms with van der Waals surface area (Å²) in [6.07, 6.45) is 2.17. The average Bonchev–Trinajstić information content (AvgIpc) is 2.42. The van der Waals surface area contributed by atoms with Crippen LogP contribution >= 0.6 is 0 Å². The van der Waals surface area contributed by atoms with Gasteiger partial charge < -0.3 is 20.1 Å². The van der Waals surface area contributed by atoms with Gasteiger partial charge in [0.25, 0.3) is 0 Å². The number of ether oxygens (including phenoxy) is 1. The fraction of sp³-hybridized carbons (Fsp3) is 0.875. The lowest BCUT2D eigenvalue weighted by Gasteiger charge is -2.37. The van der Waals surface area contributed by atoms with Crippen LogP contribution in [-0.2, 0) is 9.53 Å². The maximum absolute atomic E-state index is 12.2. The Bertz CT molecular complexity index is 392. The van der Waals surface area contributed by atoms with E-state index in [4.69, 9.17) is 9.84 Å². The number of nitrogens with zero attached hydrogens (tertiary/aromatic N) is 1. The van der Waals surface area contributed by atoms with Gasteiger partial charge in [-0.1, -0.05) is 6.92 Å².